The first kappa shape index (κ1) is 20.9. The van der Waals surface area contributed by atoms with Gasteiger partial charge in [0.2, 0.25) is 0 Å². The fourth-order valence-corrected chi connectivity index (χ4v) is 5.95. The summed E-state index contributed by atoms with van der Waals surface area (Å²) in [5.74, 6) is 0.326. The monoisotopic (exact) mass is 514 g/mol. The van der Waals surface area contributed by atoms with Crippen molar-refractivity contribution in [2.45, 2.75) is 19.4 Å². The van der Waals surface area contributed by atoms with Gasteiger partial charge in [-0.2, -0.15) is 5.10 Å². The number of fused-ring (bicyclic) bond motifs is 1. The lowest BCUT2D eigenvalue weighted by molar-refractivity contribution is 0.102. The Labute approximate surface area is 192 Å². The quantitative estimate of drug-likeness (QED) is 0.433. The van der Waals surface area contributed by atoms with Crippen molar-refractivity contribution in [2.24, 2.45) is 0 Å². The average molecular weight is 515 g/mol. The first-order chi connectivity index (χ1) is 15.3. The molecule has 32 heavy (non-hydrogen) atoms. The van der Waals surface area contributed by atoms with Gasteiger partial charge in [0.1, 0.15) is 5.69 Å². The lowest BCUT2D eigenvalue weighted by Crippen LogP contribution is -2.15. The zero-order chi connectivity index (χ0) is 22.5. The summed E-state index contributed by atoms with van der Waals surface area (Å²) in [7, 11) is -3.12. The number of anilines is 1. The van der Waals surface area contributed by atoms with Crippen molar-refractivity contribution in [2.75, 3.05) is 16.8 Å². The number of amides is 1. The summed E-state index contributed by atoms with van der Waals surface area (Å²) in [6.45, 7) is 1.80. The number of pyridine rings is 1. The minimum absolute atomic E-state index is 0.0102. The van der Waals surface area contributed by atoms with Gasteiger partial charge in [0.15, 0.2) is 21.2 Å². The molecule has 1 aliphatic rings. The minimum atomic E-state index is -3.12. The summed E-state index contributed by atoms with van der Waals surface area (Å²) in [5.41, 5.74) is 2.61. The van der Waals surface area contributed by atoms with E-state index < -0.39 is 9.84 Å². The number of aryl methyl sites for hydroxylation is 1. The number of furan rings is 1. The molecule has 8 nitrogen and oxygen atoms in total. The van der Waals surface area contributed by atoms with Gasteiger partial charge >= 0.3 is 0 Å². The summed E-state index contributed by atoms with van der Waals surface area (Å²) < 4.78 is 32.2. The van der Waals surface area contributed by atoms with Gasteiger partial charge in [-0.25, -0.2) is 18.1 Å². The van der Waals surface area contributed by atoms with E-state index in [4.69, 9.17) is 9.40 Å². The molecule has 3 aromatic heterocycles. The van der Waals surface area contributed by atoms with E-state index in [-0.39, 0.29) is 23.5 Å². The summed E-state index contributed by atoms with van der Waals surface area (Å²) in [6.07, 6.45) is 2.00. The van der Waals surface area contributed by atoms with E-state index in [9.17, 15) is 13.2 Å². The first-order valence-corrected chi connectivity index (χ1v) is 12.6. The van der Waals surface area contributed by atoms with E-state index in [1.54, 1.807) is 41.9 Å². The number of carbonyl (C=O) groups excluding carboxylic acids is 1. The molecule has 0 bridgehead atoms. The van der Waals surface area contributed by atoms with Crippen LogP contribution in [0.25, 0.3) is 22.5 Å². The number of halogens is 1. The van der Waals surface area contributed by atoms with Crippen LogP contribution in [0.2, 0.25) is 0 Å². The Morgan fingerprint density at radius 3 is 2.69 bits per heavy atom. The first-order valence-electron chi connectivity index (χ1n) is 10.0. The van der Waals surface area contributed by atoms with Crippen LogP contribution < -0.4 is 5.32 Å². The number of benzene rings is 1. The molecular weight excluding hydrogens is 496 g/mol. The Kier molecular flexibility index (Phi) is 5.13. The van der Waals surface area contributed by atoms with Gasteiger partial charge in [-0.15, -0.1) is 0 Å². The van der Waals surface area contributed by atoms with E-state index in [0.717, 1.165) is 4.47 Å². The predicted molar refractivity (Wildman–Crippen MR) is 124 cm³/mol. The molecule has 1 unspecified atom stereocenters. The van der Waals surface area contributed by atoms with Gasteiger partial charge in [0, 0.05) is 10.2 Å². The van der Waals surface area contributed by atoms with Crippen LogP contribution in [0.5, 0.6) is 0 Å². The fourth-order valence-electron chi connectivity index (χ4n) is 4.00. The van der Waals surface area contributed by atoms with Crippen LogP contribution in [0.15, 0.2) is 57.6 Å². The average Bonchev–Trinajstić information content (AvgIpc) is 3.48. The van der Waals surface area contributed by atoms with E-state index in [2.05, 4.69) is 26.3 Å². The van der Waals surface area contributed by atoms with Crippen molar-refractivity contribution in [3.63, 3.8) is 0 Å². The molecular formula is C22H19BrN4O4S. The highest BCUT2D eigenvalue weighted by Gasteiger charge is 2.32. The van der Waals surface area contributed by atoms with Crippen molar-refractivity contribution in [1.82, 2.24) is 14.8 Å². The topological polar surface area (TPSA) is 107 Å². The van der Waals surface area contributed by atoms with Crippen LogP contribution >= 0.6 is 15.9 Å². The molecule has 164 valence electrons. The van der Waals surface area contributed by atoms with E-state index in [1.165, 1.54) is 6.26 Å². The number of sulfone groups is 1. The SMILES string of the molecule is Cc1nn(C2CCS(=O)(=O)C2)c2nc(-c3ccco3)cc(C(=O)Nc3ccc(Br)cc3)c12. The van der Waals surface area contributed by atoms with Crippen molar-refractivity contribution in [3.05, 3.63) is 64.5 Å². The Hall–Kier alpha value is -2.98. The van der Waals surface area contributed by atoms with Crippen LogP contribution in [-0.2, 0) is 9.84 Å². The number of aromatic nitrogens is 3. The molecule has 1 fully saturated rings. The number of rotatable bonds is 4. The molecule has 1 atom stereocenters. The molecule has 5 rings (SSSR count). The molecule has 1 aromatic carbocycles. The van der Waals surface area contributed by atoms with Crippen LogP contribution in [-0.4, -0.2) is 40.6 Å². The lowest BCUT2D eigenvalue weighted by atomic mass is 10.1. The maximum Gasteiger partial charge on any atom is 0.256 e. The maximum atomic E-state index is 13.3. The summed E-state index contributed by atoms with van der Waals surface area (Å²) >= 11 is 3.39. The third-order valence-electron chi connectivity index (χ3n) is 5.51. The Balaban J connectivity index is 1.66. The van der Waals surface area contributed by atoms with E-state index in [0.29, 0.717) is 45.9 Å². The zero-order valence-corrected chi connectivity index (χ0v) is 19.5. The highest BCUT2D eigenvalue weighted by molar-refractivity contribution is 9.10. The third-order valence-corrected chi connectivity index (χ3v) is 7.79. The van der Waals surface area contributed by atoms with Crippen molar-refractivity contribution >= 4 is 48.4 Å². The number of nitrogens with one attached hydrogen (secondary N) is 1. The van der Waals surface area contributed by atoms with Crippen molar-refractivity contribution < 1.29 is 17.6 Å². The Morgan fingerprint density at radius 1 is 1.25 bits per heavy atom. The number of carbonyl (C=O) groups is 1. The highest BCUT2D eigenvalue weighted by atomic mass is 79.9. The second-order valence-corrected chi connectivity index (χ2v) is 10.9. The predicted octanol–water partition coefficient (Wildman–Crippen LogP) is 4.37. The van der Waals surface area contributed by atoms with E-state index >= 15 is 0 Å². The number of nitrogens with zero attached hydrogens (tertiary/aromatic N) is 3. The molecule has 1 amide bonds. The van der Waals surface area contributed by atoms with E-state index in [1.807, 2.05) is 12.1 Å². The second-order valence-electron chi connectivity index (χ2n) is 7.78. The Bertz CT molecular complexity index is 1430. The molecule has 1 saturated heterocycles. The normalized spacial score (nSPS) is 17.6. The maximum absolute atomic E-state index is 13.3. The smallest absolute Gasteiger partial charge is 0.256 e. The third kappa shape index (κ3) is 3.84. The zero-order valence-electron chi connectivity index (χ0n) is 17.1. The van der Waals surface area contributed by atoms with Gasteiger partial charge in [0.05, 0.1) is 40.5 Å². The number of hydrogen-bond donors (Lipinski definition) is 1. The van der Waals surface area contributed by atoms with Crippen LogP contribution in [0.3, 0.4) is 0 Å². The molecule has 1 aliphatic heterocycles. The molecule has 0 aliphatic carbocycles. The molecule has 0 radical (unpaired) electrons. The molecule has 0 saturated carbocycles. The van der Waals surface area contributed by atoms with Crippen LogP contribution in [0.4, 0.5) is 5.69 Å². The summed E-state index contributed by atoms with van der Waals surface area (Å²) in [5, 5.41) is 8.11. The standard InChI is InChI=1S/C22H19BrN4O4S/c1-13-20-17(22(28)24-15-6-4-14(23)5-7-15)11-18(19-3-2-9-31-19)25-21(20)27(26-13)16-8-10-32(29,30)12-16/h2-7,9,11,16H,8,10,12H2,1H3,(H,24,28). The van der Waals surface area contributed by atoms with Gasteiger partial charge in [-0.05, 0) is 55.8 Å². The molecule has 10 heteroatoms. The summed E-state index contributed by atoms with van der Waals surface area (Å²) in [6, 6.07) is 12.2. The fraction of sp³-hybridized carbons (Fsp3) is 0.227. The van der Waals surface area contributed by atoms with Crippen molar-refractivity contribution in [3.8, 4) is 11.5 Å². The molecule has 4 aromatic rings. The highest BCUT2D eigenvalue weighted by Crippen LogP contribution is 2.32. The molecule has 1 N–H and O–H groups in total. The molecule has 4 heterocycles. The largest absolute Gasteiger partial charge is 0.463 e. The Morgan fingerprint density at radius 2 is 2.03 bits per heavy atom. The minimum Gasteiger partial charge on any atom is -0.463 e. The number of hydrogen-bond acceptors (Lipinski definition) is 6. The summed E-state index contributed by atoms with van der Waals surface area (Å²) in [4.78, 5) is 18.0. The van der Waals surface area contributed by atoms with Crippen molar-refractivity contribution in [1.29, 1.82) is 0 Å². The van der Waals surface area contributed by atoms with Gasteiger partial charge in [-0.3, -0.25) is 4.79 Å². The van der Waals surface area contributed by atoms with Gasteiger partial charge in [0.25, 0.3) is 5.91 Å². The van der Waals surface area contributed by atoms with Crippen LogP contribution in [0, 0.1) is 6.92 Å². The second kappa shape index (κ2) is 7.86. The van der Waals surface area contributed by atoms with Gasteiger partial charge in [-0.1, -0.05) is 15.9 Å². The van der Waals surface area contributed by atoms with Gasteiger partial charge < -0.3 is 9.73 Å². The van der Waals surface area contributed by atoms with Crippen LogP contribution in [0.1, 0.15) is 28.5 Å². The molecule has 0 spiro atoms. The lowest BCUT2D eigenvalue weighted by Gasteiger charge is -2.12.